The molecule has 0 bridgehead atoms. The van der Waals surface area contributed by atoms with Gasteiger partial charge in [-0.15, -0.1) is 0 Å². The van der Waals surface area contributed by atoms with E-state index in [1.807, 2.05) is 6.92 Å². The molecule has 1 aliphatic rings. The van der Waals surface area contributed by atoms with Gasteiger partial charge in [-0.25, -0.2) is 13.1 Å². The van der Waals surface area contributed by atoms with Gasteiger partial charge in [-0.2, -0.15) is 0 Å². The molecule has 1 atom stereocenters. The Kier molecular flexibility index (Phi) is 5.06. The number of nitrogens with one attached hydrogen (secondary N) is 1. The summed E-state index contributed by atoms with van der Waals surface area (Å²) < 4.78 is 32.8. The minimum Gasteiger partial charge on any atom is -0.494 e. The largest absolute Gasteiger partial charge is 0.494 e. The fraction of sp³-hybridized carbons (Fsp3) is 0.278. The Balaban J connectivity index is 1.70. The second kappa shape index (κ2) is 7.25. The summed E-state index contributed by atoms with van der Waals surface area (Å²) >= 11 is 0. The fourth-order valence-corrected chi connectivity index (χ4v) is 4.06. The monoisotopic (exact) mass is 360 g/mol. The first-order valence-electron chi connectivity index (χ1n) is 8.10. The first kappa shape index (κ1) is 17.4. The Hall–Kier alpha value is -2.38. The predicted molar refractivity (Wildman–Crippen MR) is 95.1 cm³/mol. The van der Waals surface area contributed by atoms with Crippen LogP contribution in [0.2, 0.25) is 0 Å². The third-order valence-corrected chi connectivity index (χ3v) is 5.50. The number of hydrogen-bond acceptors (Lipinski definition) is 4. The van der Waals surface area contributed by atoms with Crippen LogP contribution in [0.25, 0.3) is 0 Å². The molecule has 25 heavy (non-hydrogen) atoms. The molecule has 2 aromatic carbocycles. The number of benzene rings is 2. The first-order chi connectivity index (χ1) is 12.0. The number of nitrogens with zero attached hydrogens (tertiary/aromatic N) is 1. The zero-order valence-electron chi connectivity index (χ0n) is 13.9. The fourth-order valence-electron chi connectivity index (χ4n) is 2.81. The van der Waals surface area contributed by atoms with Gasteiger partial charge in [-0.1, -0.05) is 18.2 Å². The second-order valence-electron chi connectivity index (χ2n) is 5.77. The summed E-state index contributed by atoms with van der Waals surface area (Å²) in [7, 11) is -3.64. The summed E-state index contributed by atoms with van der Waals surface area (Å²) in [5.74, 6) is 0.629. The maximum absolute atomic E-state index is 12.4. The molecule has 0 saturated carbocycles. The van der Waals surface area contributed by atoms with Crippen molar-refractivity contribution in [2.24, 2.45) is 0 Å². The van der Waals surface area contributed by atoms with E-state index >= 15 is 0 Å². The van der Waals surface area contributed by atoms with Gasteiger partial charge in [0, 0.05) is 24.7 Å². The van der Waals surface area contributed by atoms with Crippen molar-refractivity contribution in [2.75, 3.05) is 18.1 Å². The van der Waals surface area contributed by atoms with Gasteiger partial charge in [0.2, 0.25) is 15.9 Å². The van der Waals surface area contributed by atoms with E-state index in [1.54, 1.807) is 47.4 Å². The quantitative estimate of drug-likeness (QED) is 0.857. The number of anilines is 1. The number of ether oxygens (including phenoxy) is 1. The minimum atomic E-state index is -3.64. The van der Waals surface area contributed by atoms with Crippen molar-refractivity contribution >= 4 is 21.6 Å². The third-order valence-electron chi connectivity index (χ3n) is 3.96. The number of sulfonamides is 1. The molecular formula is C18H20N2O4S. The van der Waals surface area contributed by atoms with Crippen LogP contribution < -0.4 is 14.4 Å². The van der Waals surface area contributed by atoms with Crippen molar-refractivity contribution < 1.29 is 17.9 Å². The molecule has 3 rings (SSSR count). The molecule has 1 fully saturated rings. The lowest BCUT2D eigenvalue weighted by Gasteiger charge is -2.18. The molecule has 1 saturated heterocycles. The van der Waals surface area contributed by atoms with Gasteiger partial charge in [0.1, 0.15) is 5.75 Å². The van der Waals surface area contributed by atoms with E-state index < -0.39 is 16.1 Å². The van der Waals surface area contributed by atoms with Gasteiger partial charge in [0.25, 0.3) is 0 Å². The molecular weight excluding hydrogens is 340 g/mol. The van der Waals surface area contributed by atoms with Crippen LogP contribution in [0.3, 0.4) is 0 Å². The Morgan fingerprint density at radius 2 is 1.80 bits per heavy atom. The standard InChI is InChI=1S/C18H20N2O4S/c1-2-24-16-10-8-15(9-11-16)20-13-14(12-18(20)21)19-25(22,23)17-6-4-3-5-7-17/h3-11,14,19H,2,12-13H2,1H3/t14-/m1/s1. The molecule has 1 aliphatic heterocycles. The van der Waals surface area contributed by atoms with Gasteiger partial charge < -0.3 is 9.64 Å². The van der Waals surface area contributed by atoms with E-state index in [0.717, 1.165) is 11.4 Å². The van der Waals surface area contributed by atoms with Gasteiger partial charge in [0.05, 0.1) is 11.5 Å². The minimum absolute atomic E-state index is 0.107. The molecule has 0 radical (unpaired) electrons. The zero-order valence-corrected chi connectivity index (χ0v) is 14.7. The summed E-state index contributed by atoms with van der Waals surface area (Å²) in [6.07, 6.45) is 0.138. The van der Waals surface area contributed by atoms with Crippen LogP contribution in [0.4, 0.5) is 5.69 Å². The SMILES string of the molecule is CCOc1ccc(N2C[C@H](NS(=O)(=O)c3ccccc3)CC2=O)cc1. The van der Waals surface area contributed by atoms with Crippen LogP contribution in [0.5, 0.6) is 5.75 Å². The molecule has 1 heterocycles. The van der Waals surface area contributed by atoms with E-state index in [-0.39, 0.29) is 17.2 Å². The van der Waals surface area contributed by atoms with Crippen LogP contribution >= 0.6 is 0 Å². The summed E-state index contributed by atoms with van der Waals surface area (Å²) in [6, 6.07) is 14.9. The average molecular weight is 360 g/mol. The van der Waals surface area contributed by atoms with Crippen LogP contribution in [0.1, 0.15) is 13.3 Å². The number of carbonyl (C=O) groups excluding carboxylic acids is 1. The van der Waals surface area contributed by atoms with Crippen molar-refractivity contribution in [3.05, 3.63) is 54.6 Å². The number of amides is 1. The van der Waals surface area contributed by atoms with Crippen molar-refractivity contribution in [2.45, 2.75) is 24.3 Å². The second-order valence-corrected chi connectivity index (χ2v) is 7.48. The van der Waals surface area contributed by atoms with Crippen molar-refractivity contribution in [3.63, 3.8) is 0 Å². The Morgan fingerprint density at radius 3 is 2.44 bits per heavy atom. The third kappa shape index (κ3) is 4.00. The number of hydrogen-bond donors (Lipinski definition) is 1. The Morgan fingerprint density at radius 1 is 1.12 bits per heavy atom. The van der Waals surface area contributed by atoms with Gasteiger partial charge in [-0.05, 0) is 43.3 Å². The van der Waals surface area contributed by atoms with E-state index in [1.165, 1.54) is 12.1 Å². The molecule has 132 valence electrons. The van der Waals surface area contributed by atoms with Gasteiger partial charge in [-0.3, -0.25) is 4.79 Å². The molecule has 0 spiro atoms. The first-order valence-corrected chi connectivity index (χ1v) is 9.58. The molecule has 6 nitrogen and oxygen atoms in total. The van der Waals surface area contributed by atoms with Gasteiger partial charge >= 0.3 is 0 Å². The topological polar surface area (TPSA) is 75.7 Å². The van der Waals surface area contributed by atoms with Crippen molar-refractivity contribution in [1.82, 2.24) is 4.72 Å². The maximum atomic E-state index is 12.4. The highest BCUT2D eigenvalue weighted by atomic mass is 32.2. The van der Waals surface area contributed by atoms with Crippen LogP contribution in [0, 0.1) is 0 Å². The molecule has 7 heteroatoms. The van der Waals surface area contributed by atoms with Crippen LogP contribution in [0.15, 0.2) is 59.5 Å². The maximum Gasteiger partial charge on any atom is 0.240 e. The predicted octanol–water partition coefficient (Wildman–Crippen LogP) is 2.17. The molecule has 1 N–H and O–H groups in total. The molecule has 1 amide bonds. The van der Waals surface area contributed by atoms with E-state index in [2.05, 4.69) is 4.72 Å². The summed E-state index contributed by atoms with van der Waals surface area (Å²) in [5.41, 5.74) is 0.731. The smallest absolute Gasteiger partial charge is 0.240 e. The molecule has 2 aromatic rings. The van der Waals surface area contributed by atoms with Crippen molar-refractivity contribution in [3.8, 4) is 5.75 Å². The highest BCUT2D eigenvalue weighted by molar-refractivity contribution is 7.89. The number of carbonyl (C=O) groups is 1. The highest BCUT2D eigenvalue weighted by Crippen LogP contribution is 2.25. The normalized spacial score (nSPS) is 17.7. The van der Waals surface area contributed by atoms with Crippen LogP contribution in [-0.4, -0.2) is 33.5 Å². The lowest BCUT2D eigenvalue weighted by atomic mass is 10.3. The molecule has 0 aliphatic carbocycles. The summed E-state index contributed by atoms with van der Waals surface area (Å²) in [6.45, 7) is 2.78. The van der Waals surface area contributed by atoms with E-state index in [4.69, 9.17) is 4.74 Å². The summed E-state index contributed by atoms with van der Waals surface area (Å²) in [5, 5.41) is 0. The summed E-state index contributed by atoms with van der Waals surface area (Å²) in [4.78, 5) is 14.1. The molecule has 0 unspecified atom stereocenters. The number of rotatable bonds is 6. The highest BCUT2D eigenvalue weighted by Gasteiger charge is 2.33. The average Bonchev–Trinajstić information content (AvgIpc) is 2.96. The van der Waals surface area contributed by atoms with Crippen molar-refractivity contribution in [1.29, 1.82) is 0 Å². The molecule has 0 aromatic heterocycles. The van der Waals surface area contributed by atoms with E-state index in [0.29, 0.717) is 13.2 Å². The van der Waals surface area contributed by atoms with Gasteiger partial charge in [0.15, 0.2) is 0 Å². The Bertz CT molecular complexity index is 835. The lowest BCUT2D eigenvalue weighted by Crippen LogP contribution is -2.37. The Labute approximate surface area is 147 Å². The lowest BCUT2D eigenvalue weighted by molar-refractivity contribution is -0.117. The zero-order chi connectivity index (χ0) is 17.9. The van der Waals surface area contributed by atoms with E-state index in [9.17, 15) is 13.2 Å². The van der Waals surface area contributed by atoms with Crippen LogP contribution in [-0.2, 0) is 14.8 Å².